The average Bonchev–Trinajstić information content (AvgIpc) is 3.04. The Morgan fingerprint density at radius 3 is 2.44 bits per heavy atom. The van der Waals surface area contributed by atoms with Crippen molar-refractivity contribution in [3.8, 4) is 0 Å². The molecule has 1 aromatic heterocycles. The maximum Gasteiger partial charge on any atom is 0.254 e. The van der Waals surface area contributed by atoms with Crippen molar-refractivity contribution in [2.24, 2.45) is 0 Å². The quantitative estimate of drug-likeness (QED) is 0.791. The van der Waals surface area contributed by atoms with Gasteiger partial charge in [-0.3, -0.25) is 9.59 Å². The second-order valence-electron chi connectivity index (χ2n) is 5.91. The Balaban J connectivity index is 1.55. The number of hydrogen-bond acceptors (Lipinski definition) is 3. The van der Waals surface area contributed by atoms with E-state index < -0.39 is 0 Å². The monoisotopic (exact) mass is 358 g/mol. The maximum absolute atomic E-state index is 12.5. The summed E-state index contributed by atoms with van der Waals surface area (Å²) in [7, 11) is 0. The van der Waals surface area contributed by atoms with E-state index in [9.17, 15) is 9.59 Å². The third kappa shape index (κ3) is 4.31. The zero-order valence-corrected chi connectivity index (χ0v) is 14.7. The SMILES string of the molecule is Cc1ccc(/C=C/C(=O)N2CCN(C(=O)c3cccc(Cl)c3)CC2)o1. The van der Waals surface area contributed by atoms with Crippen LogP contribution in [0.25, 0.3) is 6.08 Å². The fourth-order valence-corrected chi connectivity index (χ4v) is 2.93. The van der Waals surface area contributed by atoms with Crippen LogP contribution in [-0.2, 0) is 4.79 Å². The summed E-state index contributed by atoms with van der Waals surface area (Å²) in [4.78, 5) is 28.2. The van der Waals surface area contributed by atoms with Crippen LogP contribution in [0.4, 0.5) is 0 Å². The third-order valence-corrected chi connectivity index (χ3v) is 4.34. The molecule has 0 N–H and O–H groups in total. The van der Waals surface area contributed by atoms with Crippen molar-refractivity contribution < 1.29 is 14.0 Å². The lowest BCUT2D eigenvalue weighted by Gasteiger charge is -2.34. The average molecular weight is 359 g/mol. The minimum Gasteiger partial charge on any atom is -0.462 e. The summed E-state index contributed by atoms with van der Waals surface area (Å²) in [5.41, 5.74) is 0.570. The third-order valence-electron chi connectivity index (χ3n) is 4.10. The van der Waals surface area contributed by atoms with Crippen LogP contribution in [0.3, 0.4) is 0 Å². The molecule has 0 unspecified atom stereocenters. The van der Waals surface area contributed by atoms with Gasteiger partial charge in [0.1, 0.15) is 11.5 Å². The van der Waals surface area contributed by atoms with Gasteiger partial charge in [0.15, 0.2) is 0 Å². The Morgan fingerprint density at radius 2 is 1.80 bits per heavy atom. The van der Waals surface area contributed by atoms with Crippen LogP contribution in [0.1, 0.15) is 21.9 Å². The van der Waals surface area contributed by atoms with E-state index in [2.05, 4.69) is 0 Å². The summed E-state index contributed by atoms with van der Waals surface area (Å²) < 4.78 is 5.41. The second kappa shape index (κ2) is 7.57. The molecular formula is C19H19ClN2O3. The van der Waals surface area contributed by atoms with Gasteiger partial charge in [0.05, 0.1) is 0 Å². The highest BCUT2D eigenvalue weighted by Gasteiger charge is 2.24. The summed E-state index contributed by atoms with van der Waals surface area (Å²) in [5.74, 6) is 1.32. The van der Waals surface area contributed by atoms with E-state index in [1.54, 1.807) is 40.1 Å². The van der Waals surface area contributed by atoms with Gasteiger partial charge < -0.3 is 14.2 Å². The molecule has 0 radical (unpaired) electrons. The van der Waals surface area contributed by atoms with Gasteiger partial charge in [0, 0.05) is 42.8 Å². The number of amides is 2. The van der Waals surface area contributed by atoms with Crippen molar-refractivity contribution in [3.63, 3.8) is 0 Å². The smallest absolute Gasteiger partial charge is 0.254 e. The molecule has 0 saturated carbocycles. The molecule has 2 amide bonds. The molecule has 130 valence electrons. The van der Waals surface area contributed by atoms with Gasteiger partial charge >= 0.3 is 0 Å². The highest BCUT2D eigenvalue weighted by Crippen LogP contribution is 2.14. The van der Waals surface area contributed by atoms with Crippen LogP contribution >= 0.6 is 11.6 Å². The minimum atomic E-state index is -0.0797. The van der Waals surface area contributed by atoms with Gasteiger partial charge in [0.25, 0.3) is 5.91 Å². The number of halogens is 1. The molecule has 5 nitrogen and oxygen atoms in total. The van der Waals surface area contributed by atoms with Gasteiger partial charge in [0.2, 0.25) is 5.91 Å². The fraction of sp³-hybridized carbons (Fsp3) is 0.263. The van der Waals surface area contributed by atoms with E-state index in [1.165, 1.54) is 6.08 Å². The first-order valence-corrected chi connectivity index (χ1v) is 8.49. The Morgan fingerprint density at radius 1 is 1.08 bits per heavy atom. The van der Waals surface area contributed by atoms with Crippen molar-refractivity contribution in [1.82, 2.24) is 9.80 Å². The van der Waals surface area contributed by atoms with Crippen LogP contribution in [0, 0.1) is 6.92 Å². The lowest BCUT2D eigenvalue weighted by atomic mass is 10.2. The molecule has 0 atom stereocenters. The summed E-state index contributed by atoms with van der Waals surface area (Å²) in [5, 5.41) is 0.540. The molecule has 1 aliphatic heterocycles. The lowest BCUT2D eigenvalue weighted by Crippen LogP contribution is -2.50. The number of nitrogens with zero attached hydrogens (tertiary/aromatic N) is 2. The molecule has 1 saturated heterocycles. The number of hydrogen-bond donors (Lipinski definition) is 0. The number of piperazine rings is 1. The van der Waals surface area contributed by atoms with E-state index >= 15 is 0 Å². The maximum atomic E-state index is 12.5. The number of carbonyl (C=O) groups is 2. The standard InChI is InChI=1S/C19H19ClN2O3/c1-14-5-6-17(25-14)7-8-18(23)21-9-11-22(12-10-21)19(24)15-3-2-4-16(20)13-15/h2-8,13H,9-12H2,1H3/b8-7+. The van der Waals surface area contributed by atoms with Crippen LogP contribution < -0.4 is 0 Å². The highest BCUT2D eigenvalue weighted by atomic mass is 35.5. The van der Waals surface area contributed by atoms with Crippen LogP contribution in [0.2, 0.25) is 5.02 Å². The molecular weight excluding hydrogens is 340 g/mol. The molecule has 0 aliphatic carbocycles. The zero-order chi connectivity index (χ0) is 17.8. The van der Waals surface area contributed by atoms with Crippen molar-refractivity contribution in [2.75, 3.05) is 26.2 Å². The molecule has 0 bridgehead atoms. The molecule has 0 spiro atoms. The Hall–Kier alpha value is -2.53. The summed E-state index contributed by atoms with van der Waals surface area (Å²) in [6, 6.07) is 10.6. The largest absolute Gasteiger partial charge is 0.462 e. The Bertz CT molecular complexity index is 805. The number of carbonyl (C=O) groups excluding carboxylic acids is 2. The highest BCUT2D eigenvalue weighted by molar-refractivity contribution is 6.30. The normalized spacial score (nSPS) is 15.0. The Kier molecular flexibility index (Phi) is 5.24. The summed E-state index contributed by atoms with van der Waals surface area (Å²) in [6.07, 6.45) is 3.17. The molecule has 1 fully saturated rings. The predicted octanol–water partition coefficient (Wildman–Crippen LogP) is 3.24. The van der Waals surface area contributed by atoms with E-state index in [0.717, 1.165) is 5.76 Å². The van der Waals surface area contributed by atoms with E-state index in [0.29, 0.717) is 42.5 Å². The predicted molar refractivity (Wildman–Crippen MR) is 96.4 cm³/mol. The van der Waals surface area contributed by atoms with Crippen LogP contribution in [-0.4, -0.2) is 47.8 Å². The number of furan rings is 1. The first-order valence-electron chi connectivity index (χ1n) is 8.11. The minimum absolute atomic E-state index is 0.0591. The Labute approximate surface area is 151 Å². The van der Waals surface area contributed by atoms with E-state index in [4.69, 9.17) is 16.0 Å². The first kappa shape index (κ1) is 17.3. The number of rotatable bonds is 3. The van der Waals surface area contributed by atoms with Gasteiger partial charge in [-0.2, -0.15) is 0 Å². The summed E-state index contributed by atoms with van der Waals surface area (Å²) >= 11 is 5.94. The van der Waals surface area contributed by atoms with Crippen LogP contribution in [0.5, 0.6) is 0 Å². The van der Waals surface area contributed by atoms with E-state index in [-0.39, 0.29) is 11.8 Å². The van der Waals surface area contributed by atoms with E-state index in [1.807, 2.05) is 19.1 Å². The molecule has 6 heteroatoms. The topological polar surface area (TPSA) is 53.8 Å². The molecule has 1 aliphatic rings. The molecule has 3 rings (SSSR count). The molecule has 2 heterocycles. The molecule has 25 heavy (non-hydrogen) atoms. The fourth-order valence-electron chi connectivity index (χ4n) is 2.74. The second-order valence-corrected chi connectivity index (χ2v) is 6.35. The van der Waals surface area contributed by atoms with Crippen molar-refractivity contribution in [1.29, 1.82) is 0 Å². The molecule has 2 aromatic rings. The first-order chi connectivity index (χ1) is 12.0. The summed E-state index contributed by atoms with van der Waals surface area (Å²) in [6.45, 7) is 3.88. The van der Waals surface area contributed by atoms with Crippen molar-refractivity contribution in [3.05, 3.63) is 64.6 Å². The molecule has 1 aromatic carbocycles. The number of benzene rings is 1. The van der Waals surface area contributed by atoms with Crippen LogP contribution in [0.15, 0.2) is 46.9 Å². The van der Waals surface area contributed by atoms with Gasteiger partial charge in [-0.15, -0.1) is 0 Å². The van der Waals surface area contributed by atoms with Crippen molar-refractivity contribution in [2.45, 2.75) is 6.92 Å². The van der Waals surface area contributed by atoms with Gasteiger partial charge in [-0.05, 0) is 43.3 Å². The zero-order valence-electron chi connectivity index (χ0n) is 13.9. The van der Waals surface area contributed by atoms with Crippen molar-refractivity contribution >= 4 is 29.5 Å². The van der Waals surface area contributed by atoms with Gasteiger partial charge in [-0.25, -0.2) is 0 Å². The van der Waals surface area contributed by atoms with Gasteiger partial charge in [-0.1, -0.05) is 17.7 Å². The number of aryl methyl sites for hydroxylation is 1. The lowest BCUT2D eigenvalue weighted by molar-refractivity contribution is -0.127.